The van der Waals surface area contributed by atoms with Crippen molar-refractivity contribution in [3.63, 3.8) is 0 Å². The minimum atomic E-state index is -4.55. The molecule has 1 heterocycles. The van der Waals surface area contributed by atoms with Crippen LogP contribution in [0.3, 0.4) is 0 Å². The van der Waals surface area contributed by atoms with Crippen molar-refractivity contribution in [3.8, 4) is 5.75 Å². The Balaban J connectivity index is 1.55. The average Bonchev–Trinajstić information content (AvgIpc) is 3.10. The van der Waals surface area contributed by atoms with Gasteiger partial charge in [0.25, 0.3) is 0 Å². The van der Waals surface area contributed by atoms with E-state index in [1.807, 2.05) is 24.3 Å². The quantitative estimate of drug-likeness (QED) is 0.504. The van der Waals surface area contributed by atoms with E-state index in [1.54, 1.807) is 11.6 Å². The van der Waals surface area contributed by atoms with E-state index in [0.29, 0.717) is 16.7 Å². The molecule has 0 atom stereocenters. The first-order valence-corrected chi connectivity index (χ1v) is 10.5. The number of thioether (sulfide) groups is 1. The van der Waals surface area contributed by atoms with Crippen LogP contribution in [0.2, 0.25) is 0 Å². The van der Waals surface area contributed by atoms with Crippen molar-refractivity contribution in [1.29, 1.82) is 0 Å². The van der Waals surface area contributed by atoms with Gasteiger partial charge in [-0.1, -0.05) is 43.0 Å². The highest BCUT2D eigenvalue weighted by molar-refractivity contribution is 7.99. The molecule has 164 valence electrons. The molecule has 1 aromatic heterocycles. The summed E-state index contributed by atoms with van der Waals surface area (Å²) in [6.45, 7) is 2.27. The lowest BCUT2D eigenvalue weighted by molar-refractivity contribution is -0.137. The van der Waals surface area contributed by atoms with Crippen LogP contribution >= 0.6 is 11.8 Å². The average molecular weight is 450 g/mol. The molecule has 31 heavy (non-hydrogen) atoms. The van der Waals surface area contributed by atoms with Crippen LogP contribution < -0.4 is 10.1 Å². The highest BCUT2D eigenvalue weighted by Gasteiger charge is 2.33. The van der Waals surface area contributed by atoms with Gasteiger partial charge in [0.2, 0.25) is 5.91 Å². The summed E-state index contributed by atoms with van der Waals surface area (Å²) in [6.07, 6.45) is -3.61. The summed E-state index contributed by atoms with van der Waals surface area (Å²) >= 11 is 1.08. The molecular weight excluding hydrogens is 429 g/mol. The minimum absolute atomic E-state index is 0.114. The summed E-state index contributed by atoms with van der Waals surface area (Å²) < 4.78 is 46.5. The summed E-state index contributed by atoms with van der Waals surface area (Å²) in [5.41, 5.74) is 0.0426. The van der Waals surface area contributed by atoms with E-state index in [-0.39, 0.29) is 18.0 Å². The third-order valence-corrected chi connectivity index (χ3v) is 5.48. The molecule has 0 unspecified atom stereocenters. The van der Waals surface area contributed by atoms with Crippen LogP contribution in [0.25, 0.3) is 0 Å². The second-order valence-corrected chi connectivity index (χ2v) is 7.57. The second-order valence-electron chi connectivity index (χ2n) is 6.62. The molecule has 0 radical (unpaired) electrons. The number of ether oxygens (including phenoxy) is 1. The molecule has 10 heteroatoms. The van der Waals surface area contributed by atoms with Gasteiger partial charge in [-0.3, -0.25) is 4.79 Å². The number of amides is 1. The minimum Gasteiger partial charge on any atom is -0.486 e. The van der Waals surface area contributed by atoms with Gasteiger partial charge < -0.3 is 14.6 Å². The zero-order valence-electron chi connectivity index (χ0n) is 16.9. The van der Waals surface area contributed by atoms with Crippen LogP contribution in [0.1, 0.15) is 23.9 Å². The fourth-order valence-electron chi connectivity index (χ4n) is 2.72. The molecule has 0 spiro atoms. The van der Waals surface area contributed by atoms with E-state index in [4.69, 9.17) is 4.74 Å². The van der Waals surface area contributed by atoms with Gasteiger partial charge in [0.1, 0.15) is 12.4 Å². The normalized spacial score (nSPS) is 11.4. The number of anilines is 1. The number of rotatable bonds is 8. The molecule has 0 aliphatic carbocycles. The maximum atomic E-state index is 13.0. The fraction of sp³-hybridized carbons (Fsp3) is 0.286. The molecule has 1 N–H and O–H groups in total. The highest BCUT2D eigenvalue weighted by Crippen LogP contribution is 2.34. The van der Waals surface area contributed by atoms with Gasteiger partial charge in [0.05, 0.1) is 17.0 Å². The molecule has 0 aliphatic heterocycles. The summed E-state index contributed by atoms with van der Waals surface area (Å²) in [5, 5.41) is 10.9. The van der Waals surface area contributed by atoms with Crippen molar-refractivity contribution in [2.45, 2.75) is 31.3 Å². The summed E-state index contributed by atoms with van der Waals surface area (Å²) in [6, 6.07) is 12.6. The molecule has 2 aromatic carbocycles. The number of carbonyl (C=O) groups is 1. The standard InChI is InChI=1S/C21H21F3N4O2S/c1-3-14-8-10-15(11-9-14)30-12-18-26-27-20(28(18)2)31-13-19(29)25-17-7-5-4-6-16(17)21(22,23)24/h4-11H,3,12-13H2,1-2H3,(H,25,29). The first-order valence-electron chi connectivity index (χ1n) is 9.46. The number of halogens is 3. The number of alkyl halides is 3. The van der Waals surface area contributed by atoms with Crippen molar-refractivity contribution in [1.82, 2.24) is 14.8 Å². The molecule has 0 fully saturated rings. The van der Waals surface area contributed by atoms with Gasteiger partial charge in [-0.05, 0) is 36.2 Å². The van der Waals surface area contributed by atoms with Gasteiger partial charge in [-0.15, -0.1) is 10.2 Å². The SMILES string of the molecule is CCc1ccc(OCc2nnc(SCC(=O)Nc3ccccc3C(F)(F)F)n2C)cc1. The maximum Gasteiger partial charge on any atom is 0.418 e. The van der Waals surface area contributed by atoms with Crippen LogP contribution in [0.5, 0.6) is 5.75 Å². The van der Waals surface area contributed by atoms with Crippen molar-refractivity contribution in [2.75, 3.05) is 11.1 Å². The van der Waals surface area contributed by atoms with Crippen molar-refractivity contribution in [2.24, 2.45) is 7.05 Å². The molecule has 0 saturated heterocycles. The van der Waals surface area contributed by atoms with E-state index in [9.17, 15) is 18.0 Å². The fourth-order valence-corrected chi connectivity index (χ4v) is 3.45. The van der Waals surface area contributed by atoms with Crippen LogP contribution in [0.4, 0.5) is 18.9 Å². The molecular formula is C21H21F3N4O2S. The van der Waals surface area contributed by atoms with E-state index < -0.39 is 17.6 Å². The van der Waals surface area contributed by atoms with Crippen molar-refractivity contribution >= 4 is 23.4 Å². The Kier molecular flexibility index (Phi) is 7.21. The Morgan fingerprint density at radius 2 is 1.84 bits per heavy atom. The summed E-state index contributed by atoms with van der Waals surface area (Å²) in [5.74, 6) is 0.581. The smallest absolute Gasteiger partial charge is 0.418 e. The largest absolute Gasteiger partial charge is 0.486 e. The Morgan fingerprint density at radius 1 is 1.13 bits per heavy atom. The van der Waals surface area contributed by atoms with Crippen LogP contribution in [-0.4, -0.2) is 26.4 Å². The van der Waals surface area contributed by atoms with Crippen LogP contribution in [0, 0.1) is 0 Å². The Morgan fingerprint density at radius 3 is 2.52 bits per heavy atom. The van der Waals surface area contributed by atoms with Gasteiger partial charge in [-0.25, -0.2) is 0 Å². The lowest BCUT2D eigenvalue weighted by Gasteiger charge is -2.13. The Bertz CT molecular complexity index is 1040. The molecule has 0 aliphatic rings. The number of para-hydroxylation sites is 1. The van der Waals surface area contributed by atoms with E-state index in [0.717, 1.165) is 24.2 Å². The predicted molar refractivity (Wildman–Crippen MR) is 112 cm³/mol. The third kappa shape index (κ3) is 6.00. The number of nitrogens with zero attached hydrogens (tertiary/aromatic N) is 3. The predicted octanol–water partition coefficient (Wildman–Crippen LogP) is 4.71. The van der Waals surface area contributed by atoms with Gasteiger partial charge in [-0.2, -0.15) is 13.2 Å². The van der Waals surface area contributed by atoms with Crippen LogP contribution in [0.15, 0.2) is 53.7 Å². The Hall–Kier alpha value is -3.01. The monoisotopic (exact) mass is 450 g/mol. The number of hydrogen-bond acceptors (Lipinski definition) is 5. The number of hydrogen-bond donors (Lipinski definition) is 1. The molecule has 0 saturated carbocycles. The topological polar surface area (TPSA) is 69.0 Å². The first-order chi connectivity index (χ1) is 14.8. The third-order valence-electron chi connectivity index (χ3n) is 4.46. The lowest BCUT2D eigenvalue weighted by atomic mass is 10.1. The van der Waals surface area contributed by atoms with E-state index in [1.165, 1.54) is 23.8 Å². The first kappa shape index (κ1) is 22.7. The van der Waals surface area contributed by atoms with Gasteiger partial charge in [0.15, 0.2) is 11.0 Å². The van der Waals surface area contributed by atoms with E-state index in [2.05, 4.69) is 22.4 Å². The lowest BCUT2D eigenvalue weighted by Crippen LogP contribution is -2.18. The highest BCUT2D eigenvalue weighted by atomic mass is 32.2. The molecule has 3 rings (SSSR count). The van der Waals surface area contributed by atoms with Gasteiger partial charge >= 0.3 is 6.18 Å². The van der Waals surface area contributed by atoms with E-state index >= 15 is 0 Å². The maximum absolute atomic E-state index is 13.0. The van der Waals surface area contributed by atoms with Crippen molar-refractivity contribution < 1.29 is 22.7 Å². The van der Waals surface area contributed by atoms with Crippen molar-refractivity contribution in [3.05, 3.63) is 65.5 Å². The van der Waals surface area contributed by atoms with Gasteiger partial charge in [0, 0.05) is 7.05 Å². The van der Waals surface area contributed by atoms with Crippen LogP contribution in [-0.2, 0) is 31.0 Å². The number of aromatic nitrogens is 3. The molecule has 3 aromatic rings. The summed E-state index contributed by atoms with van der Waals surface area (Å²) in [7, 11) is 1.73. The number of nitrogens with one attached hydrogen (secondary N) is 1. The molecule has 6 nitrogen and oxygen atoms in total. The zero-order chi connectivity index (χ0) is 22.4. The molecule has 1 amide bonds. The number of aryl methyl sites for hydroxylation is 1. The number of carbonyl (C=O) groups excluding carboxylic acids is 1. The zero-order valence-corrected chi connectivity index (χ0v) is 17.8. The number of benzene rings is 2. The molecule has 0 bridgehead atoms. The Labute approximate surface area is 181 Å². The second kappa shape index (κ2) is 9.86. The summed E-state index contributed by atoms with van der Waals surface area (Å²) in [4.78, 5) is 12.2.